The molecule has 1 aromatic carbocycles. The minimum atomic E-state index is 0.344. The van der Waals surface area contributed by atoms with E-state index < -0.39 is 0 Å². The van der Waals surface area contributed by atoms with Crippen molar-refractivity contribution in [2.24, 2.45) is 10.7 Å². The first-order valence-corrected chi connectivity index (χ1v) is 7.49. The van der Waals surface area contributed by atoms with Gasteiger partial charge in [0.05, 0.1) is 6.04 Å². The van der Waals surface area contributed by atoms with Crippen LogP contribution in [0.1, 0.15) is 32.3 Å². The average molecular weight is 274 g/mol. The zero-order valence-corrected chi connectivity index (χ0v) is 12.5. The van der Waals surface area contributed by atoms with Crippen LogP contribution in [0.3, 0.4) is 0 Å². The number of hydrogen-bond acceptors (Lipinski definition) is 2. The maximum absolute atomic E-state index is 5.89. The third-order valence-electron chi connectivity index (χ3n) is 3.56. The van der Waals surface area contributed by atoms with Crippen LogP contribution in [-0.4, -0.2) is 36.0 Å². The van der Waals surface area contributed by atoms with Gasteiger partial charge < -0.3 is 11.1 Å². The molecule has 110 valence electrons. The van der Waals surface area contributed by atoms with E-state index in [-0.39, 0.29) is 0 Å². The van der Waals surface area contributed by atoms with Crippen molar-refractivity contribution >= 4 is 5.96 Å². The van der Waals surface area contributed by atoms with E-state index >= 15 is 0 Å². The normalized spacial score (nSPS) is 18.4. The van der Waals surface area contributed by atoms with E-state index in [1.807, 2.05) is 0 Å². The number of hydrogen-bond donors (Lipinski definition) is 2. The summed E-state index contributed by atoms with van der Waals surface area (Å²) in [5.74, 6) is 0.585. The zero-order valence-electron chi connectivity index (χ0n) is 12.5. The van der Waals surface area contributed by atoms with Crippen LogP contribution in [0.25, 0.3) is 0 Å². The molecule has 1 saturated heterocycles. The Morgan fingerprint density at radius 1 is 1.30 bits per heavy atom. The van der Waals surface area contributed by atoms with Gasteiger partial charge in [0.25, 0.3) is 0 Å². The Morgan fingerprint density at radius 2 is 1.95 bits per heavy atom. The molecule has 0 unspecified atom stereocenters. The lowest BCUT2D eigenvalue weighted by atomic mass is 10.0. The topological polar surface area (TPSA) is 53.6 Å². The summed E-state index contributed by atoms with van der Waals surface area (Å²) in [5, 5.41) is 3.16. The molecule has 0 aromatic heterocycles. The van der Waals surface area contributed by atoms with Crippen molar-refractivity contribution in [1.82, 2.24) is 10.2 Å². The van der Waals surface area contributed by atoms with Gasteiger partial charge in [-0.05, 0) is 32.3 Å². The first-order chi connectivity index (χ1) is 9.63. The van der Waals surface area contributed by atoms with E-state index in [4.69, 9.17) is 5.73 Å². The summed E-state index contributed by atoms with van der Waals surface area (Å²) in [5.41, 5.74) is 7.27. The first-order valence-electron chi connectivity index (χ1n) is 7.49. The quantitative estimate of drug-likeness (QED) is 0.652. The highest BCUT2D eigenvalue weighted by atomic mass is 15.2. The molecule has 1 heterocycles. The van der Waals surface area contributed by atoms with Gasteiger partial charge >= 0.3 is 0 Å². The number of nitrogens with zero attached hydrogens (tertiary/aromatic N) is 2. The fraction of sp³-hybridized carbons (Fsp3) is 0.562. The molecule has 20 heavy (non-hydrogen) atoms. The number of aliphatic imine (C=N–C) groups is 1. The van der Waals surface area contributed by atoms with E-state index in [1.54, 1.807) is 0 Å². The highest BCUT2D eigenvalue weighted by molar-refractivity contribution is 5.78. The fourth-order valence-corrected chi connectivity index (χ4v) is 2.58. The SMILES string of the molecule is CC(C)NC(N)=NC1CCN(Cc2ccccc2)CC1. The predicted octanol–water partition coefficient (Wildman–Crippen LogP) is 1.96. The maximum Gasteiger partial charge on any atom is 0.189 e. The maximum atomic E-state index is 5.89. The molecule has 1 fully saturated rings. The van der Waals surface area contributed by atoms with E-state index in [0.717, 1.165) is 32.5 Å². The molecule has 2 rings (SSSR count). The Labute approximate surface area is 122 Å². The number of nitrogens with two attached hydrogens (primary N) is 1. The third kappa shape index (κ3) is 4.85. The number of rotatable bonds is 4. The molecule has 0 aliphatic carbocycles. The van der Waals surface area contributed by atoms with Crippen LogP contribution in [0.15, 0.2) is 35.3 Å². The second-order valence-electron chi connectivity index (χ2n) is 5.81. The van der Waals surface area contributed by atoms with Gasteiger partial charge in [0.15, 0.2) is 5.96 Å². The van der Waals surface area contributed by atoms with Crippen molar-refractivity contribution in [2.45, 2.75) is 45.3 Å². The molecule has 1 aliphatic rings. The van der Waals surface area contributed by atoms with Crippen LogP contribution in [0.2, 0.25) is 0 Å². The van der Waals surface area contributed by atoms with Crippen molar-refractivity contribution in [3.8, 4) is 0 Å². The van der Waals surface area contributed by atoms with Crippen molar-refractivity contribution in [2.75, 3.05) is 13.1 Å². The molecule has 3 N–H and O–H groups in total. The summed E-state index contributed by atoms with van der Waals surface area (Å²) in [6.07, 6.45) is 2.18. The molecule has 4 nitrogen and oxygen atoms in total. The van der Waals surface area contributed by atoms with Gasteiger partial charge in [-0.1, -0.05) is 30.3 Å². The van der Waals surface area contributed by atoms with E-state index in [0.29, 0.717) is 18.0 Å². The van der Waals surface area contributed by atoms with E-state index in [1.165, 1.54) is 5.56 Å². The number of benzene rings is 1. The van der Waals surface area contributed by atoms with Crippen LogP contribution in [-0.2, 0) is 6.54 Å². The van der Waals surface area contributed by atoms with Gasteiger partial charge in [-0.2, -0.15) is 0 Å². The smallest absolute Gasteiger partial charge is 0.189 e. The van der Waals surface area contributed by atoms with Gasteiger partial charge in [-0.15, -0.1) is 0 Å². The summed E-state index contributed by atoms with van der Waals surface area (Å²) in [4.78, 5) is 7.07. The summed E-state index contributed by atoms with van der Waals surface area (Å²) < 4.78 is 0. The Hall–Kier alpha value is -1.55. The summed E-state index contributed by atoms with van der Waals surface area (Å²) in [6, 6.07) is 11.4. The molecule has 1 aromatic rings. The Morgan fingerprint density at radius 3 is 2.55 bits per heavy atom. The summed E-state index contributed by atoms with van der Waals surface area (Å²) in [7, 11) is 0. The Bertz CT molecular complexity index is 419. The first kappa shape index (κ1) is 14.9. The standard InChI is InChI=1S/C16H26N4/c1-13(2)18-16(17)19-15-8-10-20(11-9-15)12-14-6-4-3-5-7-14/h3-7,13,15H,8-12H2,1-2H3,(H3,17,18,19). The van der Waals surface area contributed by atoms with Crippen molar-refractivity contribution in [3.05, 3.63) is 35.9 Å². The molecule has 1 aliphatic heterocycles. The van der Waals surface area contributed by atoms with Crippen molar-refractivity contribution < 1.29 is 0 Å². The Balaban J connectivity index is 1.78. The highest BCUT2D eigenvalue weighted by Crippen LogP contribution is 2.16. The van der Waals surface area contributed by atoms with Gasteiger partial charge in [0.2, 0.25) is 0 Å². The highest BCUT2D eigenvalue weighted by Gasteiger charge is 2.18. The molecular weight excluding hydrogens is 248 g/mol. The Kier molecular flexibility index (Phi) is 5.41. The van der Waals surface area contributed by atoms with Crippen LogP contribution in [0, 0.1) is 0 Å². The molecule has 4 heteroatoms. The fourth-order valence-electron chi connectivity index (χ4n) is 2.58. The molecule has 0 spiro atoms. The van der Waals surface area contributed by atoms with Gasteiger partial charge in [0.1, 0.15) is 0 Å². The monoisotopic (exact) mass is 274 g/mol. The van der Waals surface area contributed by atoms with Crippen molar-refractivity contribution in [1.29, 1.82) is 0 Å². The third-order valence-corrected chi connectivity index (χ3v) is 3.56. The van der Waals surface area contributed by atoms with Gasteiger partial charge in [-0.25, -0.2) is 0 Å². The lowest BCUT2D eigenvalue weighted by Gasteiger charge is -2.30. The van der Waals surface area contributed by atoms with Gasteiger partial charge in [-0.3, -0.25) is 9.89 Å². The van der Waals surface area contributed by atoms with Crippen LogP contribution < -0.4 is 11.1 Å². The molecule has 0 saturated carbocycles. The number of piperidine rings is 1. The molecular formula is C16H26N4. The van der Waals surface area contributed by atoms with Gasteiger partial charge in [0, 0.05) is 25.7 Å². The summed E-state index contributed by atoms with van der Waals surface area (Å²) >= 11 is 0. The molecule has 0 atom stereocenters. The summed E-state index contributed by atoms with van der Waals surface area (Å²) in [6.45, 7) is 7.38. The lowest BCUT2D eigenvalue weighted by molar-refractivity contribution is 0.206. The largest absolute Gasteiger partial charge is 0.370 e. The van der Waals surface area contributed by atoms with Crippen molar-refractivity contribution in [3.63, 3.8) is 0 Å². The zero-order chi connectivity index (χ0) is 14.4. The predicted molar refractivity (Wildman–Crippen MR) is 84.6 cm³/mol. The average Bonchev–Trinajstić information content (AvgIpc) is 2.41. The number of nitrogens with one attached hydrogen (secondary N) is 1. The number of guanidine groups is 1. The number of likely N-dealkylation sites (tertiary alicyclic amines) is 1. The lowest BCUT2D eigenvalue weighted by Crippen LogP contribution is -2.40. The van der Waals surface area contributed by atoms with Crippen LogP contribution in [0.5, 0.6) is 0 Å². The minimum absolute atomic E-state index is 0.344. The second-order valence-corrected chi connectivity index (χ2v) is 5.81. The molecule has 0 bridgehead atoms. The van der Waals surface area contributed by atoms with E-state index in [2.05, 4.69) is 59.4 Å². The second kappa shape index (κ2) is 7.29. The molecule has 0 amide bonds. The minimum Gasteiger partial charge on any atom is -0.370 e. The van der Waals surface area contributed by atoms with Crippen LogP contribution in [0.4, 0.5) is 0 Å². The molecule has 0 radical (unpaired) electrons. The van der Waals surface area contributed by atoms with Crippen LogP contribution >= 0.6 is 0 Å². The van der Waals surface area contributed by atoms with E-state index in [9.17, 15) is 0 Å².